The fourth-order valence-corrected chi connectivity index (χ4v) is 3.72. The zero-order valence-electron chi connectivity index (χ0n) is 14.7. The minimum atomic E-state index is -0.474. The van der Waals surface area contributed by atoms with E-state index in [0.29, 0.717) is 28.6 Å². The van der Waals surface area contributed by atoms with Crippen LogP contribution in [0.15, 0.2) is 47.5 Å². The van der Waals surface area contributed by atoms with Gasteiger partial charge in [-0.25, -0.2) is 4.79 Å². The van der Waals surface area contributed by atoms with Crippen molar-refractivity contribution >= 4 is 5.97 Å². The van der Waals surface area contributed by atoms with Crippen LogP contribution >= 0.6 is 0 Å². The molecule has 0 saturated heterocycles. The van der Waals surface area contributed by atoms with E-state index in [1.54, 1.807) is 6.20 Å². The number of para-hydroxylation sites is 1. The van der Waals surface area contributed by atoms with Crippen LogP contribution in [0.2, 0.25) is 0 Å². The van der Waals surface area contributed by atoms with E-state index in [1.807, 2.05) is 41.1 Å². The SMILES string of the molecule is COC(=O)c1cn(C2CCCCC2)cc2c(=O)n(-c3ccccc3)nc1-2. The molecule has 1 aromatic rings. The molecule has 0 amide bonds. The normalized spacial score (nSPS) is 15.3. The van der Waals surface area contributed by atoms with Crippen LogP contribution in [-0.2, 0) is 4.74 Å². The number of hydrogen-bond donors (Lipinski definition) is 0. The van der Waals surface area contributed by atoms with Crippen molar-refractivity contribution in [3.05, 3.63) is 58.6 Å². The third-order valence-corrected chi connectivity index (χ3v) is 5.09. The molecule has 1 saturated carbocycles. The highest BCUT2D eigenvalue weighted by Crippen LogP contribution is 2.31. The van der Waals surface area contributed by atoms with Gasteiger partial charge in [0.25, 0.3) is 5.56 Å². The lowest BCUT2D eigenvalue weighted by Gasteiger charge is -2.25. The first-order valence-electron chi connectivity index (χ1n) is 8.97. The van der Waals surface area contributed by atoms with E-state index in [9.17, 15) is 9.59 Å². The zero-order chi connectivity index (χ0) is 18.1. The third kappa shape index (κ3) is 2.81. The predicted molar refractivity (Wildman–Crippen MR) is 97.9 cm³/mol. The number of nitrogens with zero attached hydrogens (tertiary/aromatic N) is 3. The number of methoxy groups -OCH3 is 1. The highest BCUT2D eigenvalue weighted by molar-refractivity contribution is 5.96. The molecule has 6 heteroatoms. The lowest BCUT2D eigenvalue weighted by molar-refractivity contribution is 0.0600. The van der Waals surface area contributed by atoms with Crippen molar-refractivity contribution in [2.45, 2.75) is 38.1 Å². The first-order chi connectivity index (χ1) is 12.7. The summed E-state index contributed by atoms with van der Waals surface area (Å²) in [6.07, 6.45) is 9.30. The molecule has 0 radical (unpaired) electrons. The molecule has 1 aromatic carbocycles. The monoisotopic (exact) mass is 351 g/mol. The second kappa shape index (κ2) is 6.78. The fourth-order valence-electron chi connectivity index (χ4n) is 3.72. The Morgan fingerprint density at radius 1 is 1.12 bits per heavy atom. The van der Waals surface area contributed by atoms with E-state index in [-0.39, 0.29) is 5.56 Å². The second-order valence-electron chi connectivity index (χ2n) is 6.72. The maximum absolute atomic E-state index is 13.0. The van der Waals surface area contributed by atoms with Crippen molar-refractivity contribution in [3.63, 3.8) is 0 Å². The highest BCUT2D eigenvalue weighted by Gasteiger charge is 2.26. The molecule has 4 rings (SSSR count). The highest BCUT2D eigenvalue weighted by atomic mass is 16.5. The van der Waals surface area contributed by atoms with Crippen molar-refractivity contribution in [1.29, 1.82) is 0 Å². The Morgan fingerprint density at radius 3 is 2.54 bits per heavy atom. The lowest BCUT2D eigenvalue weighted by Crippen LogP contribution is -2.18. The average Bonchev–Trinajstić information content (AvgIpc) is 3.04. The molecular weight excluding hydrogens is 330 g/mol. The van der Waals surface area contributed by atoms with Crippen LogP contribution in [0, 0.1) is 0 Å². The van der Waals surface area contributed by atoms with E-state index in [2.05, 4.69) is 5.10 Å². The topological polar surface area (TPSA) is 66.1 Å². The van der Waals surface area contributed by atoms with Crippen molar-refractivity contribution in [2.75, 3.05) is 7.11 Å². The zero-order valence-corrected chi connectivity index (χ0v) is 14.7. The number of pyridine rings is 1. The molecule has 6 nitrogen and oxygen atoms in total. The molecule has 0 N–H and O–H groups in total. The second-order valence-corrected chi connectivity index (χ2v) is 6.72. The number of carbonyl (C=O) groups excluding carboxylic acids is 1. The van der Waals surface area contributed by atoms with E-state index in [0.717, 1.165) is 25.7 Å². The molecule has 0 spiro atoms. The number of rotatable bonds is 3. The van der Waals surface area contributed by atoms with Crippen molar-refractivity contribution in [2.24, 2.45) is 0 Å². The molecule has 0 unspecified atom stereocenters. The Morgan fingerprint density at radius 2 is 1.85 bits per heavy atom. The summed E-state index contributed by atoms with van der Waals surface area (Å²) < 4.78 is 8.29. The van der Waals surface area contributed by atoms with Gasteiger partial charge in [-0.15, -0.1) is 0 Å². The van der Waals surface area contributed by atoms with Gasteiger partial charge in [0, 0.05) is 18.4 Å². The van der Waals surface area contributed by atoms with E-state index in [1.165, 1.54) is 18.2 Å². The van der Waals surface area contributed by atoms with E-state index < -0.39 is 5.97 Å². The minimum absolute atomic E-state index is 0.221. The third-order valence-electron chi connectivity index (χ3n) is 5.09. The summed E-state index contributed by atoms with van der Waals surface area (Å²) in [5, 5.41) is 4.43. The molecule has 0 bridgehead atoms. The summed E-state index contributed by atoms with van der Waals surface area (Å²) in [6.45, 7) is 0. The first-order valence-corrected chi connectivity index (χ1v) is 8.97. The number of benzene rings is 1. The van der Waals surface area contributed by atoms with Gasteiger partial charge >= 0.3 is 5.97 Å². The van der Waals surface area contributed by atoms with Crippen LogP contribution < -0.4 is 5.56 Å². The lowest BCUT2D eigenvalue weighted by atomic mass is 9.94. The van der Waals surface area contributed by atoms with Gasteiger partial charge in [-0.1, -0.05) is 37.5 Å². The Hall–Kier alpha value is -2.89. The fraction of sp³-hybridized carbons (Fsp3) is 0.350. The summed E-state index contributed by atoms with van der Waals surface area (Å²) in [5.74, 6) is -0.474. The van der Waals surface area contributed by atoms with Gasteiger partial charge < -0.3 is 9.30 Å². The van der Waals surface area contributed by atoms with Crippen molar-refractivity contribution in [3.8, 4) is 16.9 Å². The smallest absolute Gasteiger partial charge is 0.341 e. The Bertz CT molecular complexity index is 952. The van der Waals surface area contributed by atoms with E-state index in [4.69, 9.17) is 4.74 Å². The van der Waals surface area contributed by atoms with E-state index >= 15 is 0 Å². The van der Waals surface area contributed by atoms with Crippen LogP contribution in [0.3, 0.4) is 0 Å². The Balaban J connectivity index is 1.91. The standard InChI is InChI=1S/C20H21N3O3/c1-26-20(25)17-13-22(14-8-4-2-5-9-14)12-16-18(17)21-23(19(16)24)15-10-6-3-7-11-15/h3,6-7,10-14H,2,4-5,8-9H2,1H3. The van der Waals surface area contributed by atoms with Crippen molar-refractivity contribution < 1.29 is 9.53 Å². The van der Waals surface area contributed by atoms with Gasteiger partial charge in [0.05, 0.1) is 18.4 Å². The van der Waals surface area contributed by atoms with Gasteiger partial charge in [0.1, 0.15) is 11.3 Å². The molecule has 1 aliphatic carbocycles. The summed E-state index contributed by atoms with van der Waals surface area (Å²) in [6, 6.07) is 9.53. The predicted octanol–water partition coefficient (Wildman–Crippen LogP) is 3.43. The quantitative estimate of drug-likeness (QED) is 0.678. The summed E-state index contributed by atoms with van der Waals surface area (Å²) in [5.41, 5.74) is 1.62. The van der Waals surface area contributed by atoms with Crippen LogP contribution in [-0.4, -0.2) is 27.4 Å². The van der Waals surface area contributed by atoms with Gasteiger partial charge in [-0.2, -0.15) is 9.78 Å². The van der Waals surface area contributed by atoms with Gasteiger partial charge in [-0.05, 0) is 25.0 Å². The molecule has 26 heavy (non-hydrogen) atoms. The number of carbonyl (C=O) groups is 1. The largest absolute Gasteiger partial charge is 0.465 e. The number of ether oxygens (including phenoxy) is 1. The molecular formula is C20H21N3O3. The minimum Gasteiger partial charge on any atom is -0.465 e. The van der Waals surface area contributed by atoms with Gasteiger partial charge in [-0.3, -0.25) is 4.79 Å². The molecule has 1 fully saturated rings. The molecule has 0 aromatic heterocycles. The van der Waals surface area contributed by atoms with Crippen LogP contribution in [0.5, 0.6) is 0 Å². The maximum Gasteiger partial charge on any atom is 0.341 e. The molecule has 3 aliphatic rings. The van der Waals surface area contributed by atoms with Gasteiger partial charge in [0.2, 0.25) is 0 Å². The van der Waals surface area contributed by atoms with Crippen LogP contribution in [0.25, 0.3) is 16.9 Å². The molecule has 0 atom stereocenters. The number of esters is 1. The first kappa shape index (κ1) is 16.6. The Kier molecular flexibility index (Phi) is 4.32. The van der Waals surface area contributed by atoms with Crippen LogP contribution in [0.1, 0.15) is 48.5 Å². The molecule has 2 heterocycles. The maximum atomic E-state index is 13.0. The van der Waals surface area contributed by atoms with Gasteiger partial charge in [0.15, 0.2) is 0 Å². The molecule has 134 valence electrons. The summed E-state index contributed by atoms with van der Waals surface area (Å²) >= 11 is 0. The number of fused-ring (bicyclic) bond motifs is 1. The van der Waals surface area contributed by atoms with Crippen LogP contribution in [0.4, 0.5) is 0 Å². The van der Waals surface area contributed by atoms with Crippen molar-refractivity contribution in [1.82, 2.24) is 14.3 Å². The summed E-state index contributed by atoms with van der Waals surface area (Å²) in [7, 11) is 1.35. The Labute approximate surface area is 151 Å². The number of aromatic nitrogens is 3. The average molecular weight is 351 g/mol. The molecule has 2 aliphatic heterocycles. The summed E-state index contributed by atoms with van der Waals surface area (Å²) in [4.78, 5) is 25.3. The number of hydrogen-bond acceptors (Lipinski definition) is 4.